The van der Waals surface area contributed by atoms with Crippen LogP contribution in [0.1, 0.15) is 60.0 Å². The van der Waals surface area contributed by atoms with Crippen LogP contribution in [0.25, 0.3) is 0 Å². The van der Waals surface area contributed by atoms with Crippen LogP contribution in [0.4, 0.5) is 13.2 Å². The predicted octanol–water partition coefficient (Wildman–Crippen LogP) is 3.34. The van der Waals surface area contributed by atoms with E-state index in [1.54, 1.807) is 12.4 Å². The lowest BCUT2D eigenvalue weighted by atomic mass is 9.78. The molecule has 0 spiro atoms. The number of ketones is 1. The highest BCUT2D eigenvalue weighted by Gasteiger charge is 2.39. The van der Waals surface area contributed by atoms with Crippen LogP contribution >= 0.6 is 0 Å². The van der Waals surface area contributed by atoms with E-state index in [2.05, 4.69) is 20.2 Å². The number of halogens is 3. The highest BCUT2D eigenvalue weighted by atomic mass is 19.4. The first-order valence-electron chi connectivity index (χ1n) is 11.8. The molecule has 2 fully saturated rings. The Hall–Kier alpha value is -2.85. The second-order valence-corrected chi connectivity index (χ2v) is 9.54. The van der Waals surface area contributed by atoms with Crippen molar-refractivity contribution in [1.29, 1.82) is 0 Å². The Labute approximate surface area is 201 Å². The van der Waals surface area contributed by atoms with E-state index in [4.69, 9.17) is 0 Å². The number of likely N-dealkylation sites (tertiary alicyclic amines) is 1. The number of carbonyl (C=O) groups is 2. The first-order chi connectivity index (χ1) is 16.6. The minimum Gasteiger partial charge on any atom is -0.385 e. The molecule has 1 aromatic carbocycles. The summed E-state index contributed by atoms with van der Waals surface area (Å²) in [5.74, 6) is -0.661. The first kappa shape index (κ1) is 25.2. The van der Waals surface area contributed by atoms with Crippen LogP contribution in [0.15, 0.2) is 43.0 Å². The van der Waals surface area contributed by atoms with Gasteiger partial charge in [-0.2, -0.15) is 13.2 Å². The molecule has 0 radical (unpaired) electrons. The SMILES string of the molecule is O=C(CNC(=O)c1cccc(C(F)(F)F)c1)C[C@@H]1CCN(C2CCC(O)(c3cncnc3)CC2)C1. The topological polar surface area (TPSA) is 95.4 Å². The number of rotatable bonds is 7. The molecule has 35 heavy (non-hydrogen) atoms. The monoisotopic (exact) mass is 490 g/mol. The van der Waals surface area contributed by atoms with Crippen molar-refractivity contribution < 1.29 is 27.9 Å². The second kappa shape index (κ2) is 10.4. The zero-order valence-corrected chi connectivity index (χ0v) is 19.3. The number of aromatic nitrogens is 2. The lowest BCUT2D eigenvalue weighted by Gasteiger charge is -2.39. The molecule has 0 unspecified atom stereocenters. The predicted molar refractivity (Wildman–Crippen MR) is 121 cm³/mol. The highest BCUT2D eigenvalue weighted by Crippen LogP contribution is 2.39. The average molecular weight is 491 g/mol. The van der Waals surface area contributed by atoms with Crippen molar-refractivity contribution in [3.8, 4) is 0 Å². The van der Waals surface area contributed by atoms with Gasteiger partial charge < -0.3 is 15.3 Å². The summed E-state index contributed by atoms with van der Waals surface area (Å²) in [5.41, 5.74) is -1.18. The average Bonchev–Trinajstić information content (AvgIpc) is 3.31. The van der Waals surface area contributed by atoms with Crippen LogP contribution in [-0.2, 0) is 16.6 Å². The molecule has 1 saturated heterocycles. The molecule has 1 aromatic heterocycles. The van der Waals surface area contributed by atoms with Crippen LogP contribution in [0.5, 0.6) is 0 Å². The standard InChI is InChI=1S/C25H29F3N4O3/c26-25(27,28)19-3-1-2-18(11-19)23(34)31-14-22(33)10-17-6-9-32(15-17)21-4-7-24(35,8-5-21)20-12-29-16-30-13-20/h1-3,11-13,16-17,21,35H,4-10,14-15H2,(H,31,34)/t17-,21?,24?/m0/s1. The lowest BCUT2D eigenvalue weighted by molar-refractivity contribution is -0.137. The third-order valence-corrected chi connectivity index (χ3v) is 7.13. The smallest absolute Gasteiger partial charge is 0.385 e. The number of nitrogens with one attached hydrogen (secondary N) is 1. The van der Waals surface area contributed by atoms with E-state index in [0.717, 1.165) is 50.0 Å². The van der Waals surface area contributed by atoms with Crippen molar-refractivity contribution in [3.05, 3.63) is 59.7 Å². The van der Waals surface area contributed by atoms with Crippen molar-refractivity contribution in [2.24, 2.45) is 5.92 Å². The molecule has 1 amide bonds. The van der Waals surface area contributed by atoms with Gasteiger partial charge in [0.25, 0.3) is 5.91 Å². The van der Waals surface area contributed by atoms with E-state index in [1.165, 1.54) is 18.5 Å². The molecule has 4 rings (SSSR count). The molecule has 0 bridgehead atoms. The van der Waals surface area contributed by atoms with Gasteiger partial charge in [-0.15, -0.1) is 0 Å². The molecular formula is C25H29F3N4O3. The third-order valence-electron chi connectivity index (χ3n) is 7.13. The molecule has 2 N–H and O–H groups in total. The third kappa shape index (κ3) is 6.24. The van der Waals surface area contributed by atoms with Gasteiger partial charge in [0.2, 0.25) is 0 Å². The van der Waals surface area contributed by atoms with Crippen molar-refractivity contribution in [3.63, 3.8) is 0 Å². The van der Waals surface area contributed by atoms with E-state index in [1.807, 2.05) is 0 Å². The van der Waals surface area contributed by atoms with Gasteiger partial charge in [0.15, 0.2) is 5.78 Å². The molecule has 2 heterocycles. The molecule has 2 aromatic rings. The minimum absolute atomic E-state index is 0.126. The van der Waals surface area contributed by atoms with Gasteiger partial charge in [0.1, 0.15) is 6.33 Å². The van der Waals surface area contributed by atoms with Gasteiger partial charge in [-0.25, -0.2) is 9.97 Å². The Balaban J connectivity index is 1.21. The molecule has 1 saturated carbocycles. The van der Waals surface area contributed by atoms with Gasteiger partial charge in [-0.3, -0.25) is 9.59 Å². The quantitative estimate of drug-likeness (QED) is 0.618. The Morgan fingerprint density at radius 2 is 1.86 bits per heavy atom. The summed E-state index contributed by atoms with van der Waals surface area (Å²) >= 11 is 0. The van der Waals surface area contributed by atoms with Crippen molar-refractivity contribution in [2.45, 2.75) is 56.3 Å². The molecule has 1 atom stereocenters. The summed E-state index contributed by atoms with van der Waals surface area (Å²) in [7, 11) is 0. The van der Waals surface area contributed by atoms with Gasteiger partial charge in [0.05, 0.1) is 17.7 Å². The second-order valence-electron chi connectivity index (χ2n) is 9.54. The number of benzene rings is 1. The van der Waals surface area contributed by atoms with Gasteiger partial charge in [-0.05, 0) is 62.8 Å². The summed E-state index contributed by atoms with van der Waals surface area (Å²) < 4.78 is 38.5. The number of Topliss-reactive ketones (excluding diaryl/α,β-unsaturated/α-hetero) is 1. The number of hydrogen-bond donors (Lipinski definition) is 2. The number of carbonyl (C=O) groups excluding carboxylic acids is 2. The maximum absolute atomic E-state index is 12.8. The first-order valence-corrected chi connectivity index (χ1v) is 11.8. The maximum Gasteiger partial charge on any atom is 0.416 e. The fraction of sp³-hybridized carbons (Fsp3) is 0.520. The van der Waals surface area contributed by atoms with Crippen LogP contribution < -0.4 is 5.32 Å². The minimum atomic E-state index is -4.53. The zero-order chi connectivity index (χ0) is 25.1. The summed E-state index contributed by atoms with van der Waals surface area (Å²) in [5, 5.41) is 13.4. The summed E-state index contributed by atoms with van der Waals surface area (Å²) in [6.07, 6.45) is 4.39. The molecule has 2 aliphatic rings. The zero-order valence-electron chi connectivity index (χ0n) is 19.3. The van der Waals surface area contributed by atoms with E-state index < -0.39 is 23.2 Å². The van der Waals surface area contributed by atoms with Gasteiger partial charge in [0, 0.05) is 42.5 Å². The maximum atomic E-state index is 12.8. The lowest BCUT2D eigenvalue weighted by Crippen LogP contribution is -2.41. The van der Waals surface area contributed by atoms with Gasteiger partial charge >= 0.3 is 6.18 Å². The number of aliphatic hydroxyl groups is 1. The van der Waals surface area contributed by atoms with Crippen molar-refractivity contribution in [1.82, 2.24) is 20.2 Å². The molecule has 1 aliphatic carbocycles. The largest absolute Gasteiger partial charge is 0.416 e. The van der Waals surface area contributed by atoms with Crippen molar-refractivity contribution >= 4 is 11.7 Å². The van der Waals surface area contributed by atoms with Gasteiger partial charge in [-0.1, -0.05) is 6.07 Å². The number of hydrogen-bond acceptors (Lipinski definition) is 6. The summed E-state index contributed by atoms with van der Waals surface area (Å²) in [6, 6.07) is 4.49. The van der Waals surface area contributed by atoms with E-state index in [0.29, 0.717) is 25.3 Å². The fourth-order valence-corrected chi connectivity index (χ4v) is 5.15. The molecule has 7 nitrogen and oxygen atoms in total. The molecule has 10 heteroatoms. The number of nitrogens with zero attached hydrogens (tertiary/aromatic N) is 3. The van der Waals surface area contributed by atoms with Crippen molar-refractivity contribution in [2.75, 3.05) is 19.6 Å². The molecular weight excluding hydrogens is 461 g/mol. The van der Waals surface area contributed by atoms with Crippen LogP contribution in [-0.4, -0.2) is 57.3 Å². The van der Waals surface area contributed by atoms with Crippen LogP contribution in [0, 0.1) is 5.92 Å². The van der Waals surface area contributed by atoms with E-state index in [9.17, 15) is 27.9 Å². The molecule has 1 aliphatic heterocycles. The Morgan fingerprint density at radius 3 is 2.54 bits per heavy atom. The Bertz CT molecular complexity index is 1040. The summed E-state index contributed by atoms with van der Waals surface area (Å²) in [6.45, 7) is 1.46. The number of amides is 1. The van der Waals surface area contributed by atoms with Crippen LogP contribution in [0.3, 0.4) is 0 Å². The van der Waals surface area contributed by atoms with E-state index >= 15 is 0 Å². The van der Waals surface area contributed by atoms with E-state index in [-0.39, 0.29) is 23.8 Å². The Morgan fingerprint density at radius 1 is 1.14 bits per heavy atom. The molecule has 188 valence electrons. The summed E-state index contributed by atoms with van der Waals surface area (Å²) in [4.78, 5) is 35.0. The Kier molecular flexibility index (Phi) is 7.51. The highest BCUT2D eigenvalue weighted by molar-refractivity contribution is 5.96. The fourth-order valence-electron chi connectivity index (χ4n) is 5.15. The normalized spacial score (nSPS) is 25.4. The number of alkyl halides is 3. The van der Waals surface area contributed by atoms with Crippen LogP contribution in [0.2, 0.25) is 0 Å².